The second-order valence-electron chi connectivity index (χ2n) is 4.21. The molecule has 2 nitrogen and oxygen atoms in total. The van der Waals surface area contributed by atoms with Crippen molar-refractivity contribution >= 4 is 37.8 Å². The molecule has 0 heterocycles. The molecule has 0 saturated carbocycles. The average molecular weight is 401 g/mol. The second-order valence-corrected chi connectivity index (χ2v) is 6.17. The fraction of sp³-hybridized carbons (Fsp3) is 0.133. The molecule has 0 aromatic heterocycles. The van der Waals surface area contributed by atoms with Crippen molar-refractivity contribution in [2.45, 2.75) is 4.83 Å². The van der Waals surface area contributed by atoms with E-state index in [1.54, 1.807) is 0 Å². The Labute approximate surface area is 133 Å². The summed E-state index contributed by atoms with van der Waals surface area (Å²) in [7, 11) is 0. The van der Waals surface area contributed by atoms with Gasteiger partial charge in [-0.2, -0.15) is 0 Å². The molecule has 1 unspecified atom stereocenters. The highest BCUT2D eigenvalue weighted by molar-refractivity contribution is 9.10. The van der Waals surface area contributed by atoms with Crippen LogP contribution in [0.3, 0.4) is 0 Å². The molecule has 2 rings (SSSR count). The van der Waals surface area contributed by atoms with Crippen molar-refractivity contribution in [2.75, 3.05) is 6.54 Å². The maximum atomic E-state index is 13.2. The smallest absolute Gasteiger partial charge is 0.252 e. The largest absolute Gasteiger partial charge is 0.351 e. The summed E-state index contributed by atoms with van der Waals surface area (Å²) in [5.74, 6) is -0.742. The van der Waals surface area contributed by atoms with Gasteiger partial charge < -0.3 is 5.32 Å². The monoisotopic (exact) mass is 399 g/mol. The van der Waals surface area contributed by atoms with Gasteiger partial charge in [0.1, 0.15) is 5.82 Å². The van der Waals surface area contributed by atoms with E-state index in [1.807, 2.05) is 30.3 Å². The minimum Gasteiger partial charge on any atom is -0.351 e. The minimum atomic E-state index is -0.434. The second kappa shape index (κ2) is 6.99. The summed E-state index contributed by atoms with van der Waals surface area (Å²) in [6.45, 7) is 0.422. The summed E-state index contributed by atoms with van der Waals surface area (Å²) in [5, 5.41) is 2.78. The van der Waals surface area contributed by atoms with E-state index in [1.165, 1.54) is 18.2 Å². The predicted octanol–water partition coefficient (Wildman–Crippen LogP) is 4.45. The van der Waals surface area contributed by atoms with Gasteiger partial charge in [-0.05, 0) is 39.7 Å². The summed E-state index contributed by atoms with van der Waals surface area (Å²) < 4.78 is 13.7. The average Bonchev–Trinajstić information content (AvgIpc) is 2.47. The predicted molar refractivity (Wildman–Crippen MR) is 84.5 cm³/mol. The van der Waals surface area contributed by atoms with Crippen LogP contribution in [0.15, 0.2) is 53.0 Å². The molecule has 0 saturated heterocycles. The third kappa shape index (κ3) is 3.90. The van der Waals surface area contributed by atoms with Crippen LogP contribution < -0.4 is 5.32 Å². The zero-order valence-electron chi connectivity index (χ0n) is 10.4. The van der Waals surface area contributed by atoms with Crippen LogP contribution in [0.5, 0.6) is 0 Å². The molecule has 0 aliphatic rings. The van der Waals surface area contributed by atoms with E-state index in [0.29, 0.717) is 11.0 Å². The number of carbonyl (C=O) groups is 1. The maximum absolute atomic E-state index is 13.2. The molecule has 0 aliphatic heterocycles. The number of hydrogen-bond donors (Lipinski definition) is 1. The Balaban J connectivity index is 2.00. The summed E-state index contributed by atoms with van der Waals surface area (Å²) >= 11 is 6.76. The Hall–Kier alpha value is -1.20. The first-order valence-corrected chi connectivity index (χ1v) is 7.71. The van der Waals surface area contributed by atoms with E-state index in [0.717, 1.165) is 5.56 Å². The van der Waals surface area contributed by atoms with Gasteiger partial charge in [0.15, 0.2) is 0 Å². The molecule has 0 radical (unpaired) electrons. The van der Waals surface area contributed by atoms with Crippen LogP contribution in [-0.4, -0.2) is 12.5 Å². The zero-order chi connectivity index (χ0) is 14.5. The fourth-order valence-electron chi connectivity index (χ4n) is 1.73. The van der Waals surface area contributed by atoms with E-state index in [2.05, 4.69) is 37.2 Å². The van der Waals surface area contributed by atoms with Crippen LogP contribution in [0, 0.1) is 5.82 Å². The first-order valence-electron chi connectivity index (χ1n) is 6.00. The van der Waals surface area contributed by atoms with Gasteiger partial charge in [0.25, 0.3) is 5.91 Å². The van der Waals surface area contributed by atoms with Crippen molar-refractivity contribution in [3.63, 3.8) is 0 Å². The number of alkyl halides is 1. The summed E-state index contributed by atoms with van der Waals surface area (Å²) in [5.41, 5.74) is 1.36. The van der Waals surface area contributed by atoms with E-state index < -0.39 is 5.82 Å². The van der Waals surface area contributed by atoms with E-state index in [-0.39, 0.29) is 16.3 Å². The molecule has 1 atom stereocenters. The van der Waals surface area contributed by atoms with Crippen LogP contribution >= 0.6 is 31.9 Å². The number of halogens is 3. The molecule has 104 valence electrons. The van der Waals surface area contributed by atoms with Gasteiger partial charge in [-0.15, -0.1) is 0 Å². The van der Waals surface area contributed by atoms with Crippen molar-refractivity contribution in [1.29, 1.82) is 0 Å². The Morgan fingerprint density at radius 1 is 1.20 bits per heavy atom. The standard InChI is InChI=1S/C15H12Br2FNO/c16-13-7-6-11(18)8-12(13)15(20)19-9-14(17)10-4-2-1-3-5-10/h1-8,14H,9H2,(H,19,20). The molecule has 0 aliphatic carbocycles. The molecule has 5 heteroatoms. The first-order chi connectivity index (χ1) is 9.58. The van der Waals surface area contributed by atoms with Crippen LogP contribution in [0.25, 0.3) is 0 Å². The van der Waals surface area contributed by atoms with E-state index in [4.69, 9.17) is 0 Å². The lowest BCUT2D eigenvalue weighted by Gasteiger charge is -2.12. The molecule has 1 N–H and O–H groups in total. The molecule has 0 bridgehead atoms. The Morgan fingerprint density at radius 3 is 2.60 bits per heavy atom. The molecule has 1 amide bonds. The number of carbonyl (C=O) groups excluding carboxylic acids is 1. The lowest BCUT2D eigenvalue weighted by Crippen LogP contribution is -2.27. The van der Waals surface area contributed by atoms with Gasteiger partial charge in [-0.25, -0.2) is 4.39 Å². The van der Waals surface area contributed by atoms with Crippen molar-refractivity contribution in [3.05, 3.63) is 69.9 Å². The molecule has 2 aromatic rings. The van der Waals surface area contributed by atoms with Crippen LogP contribution in [0.4, 0.5) is 4.39 Å². The van der Waals surface area contributed by atoms with Crippen LogP contribution in [0.2, 0.25) is 0 Å². The minimum absolute atomic E-state index is 0.0139. The summed E-state index contributed by atoms with van der Waals surface area (Å²) in [6.07, 6.45) is 0. The Morgan fingerprint density at radius 2 is 1.90 bits per heavy atom. The summed E-state index contributed by atoms with van der Waals surface area (Å²) in [6, 6.07) is 13.8. The molecule has 20 heavy (non-hydrogen) atoms. The van der Waals surface area contributed by atoms with Gasteiger partial charge in [0.2, 0.25) is 0 Å². The highest BCUT2D eigenvalue weighted by Crippen LogP contribution is 2.22. The van der Waals surface area contributed by atoms with Gasteiger partial charge >= 0.3 is 0 Å². The third-order valence-electron chi connectivity index (χ3n) is 2.78. The number of nitrogens with one attached hydrogen (secondary N) is 1. The van der Waals surface area contributed by atoms with Crippen molar-refractivity contribution in [3.8, 4) is 0 Å². The number of rotatable bonds is 4. The molecule has 0 fully saturated rings. The Kier molecular flexibility index (Phi) is 5.31. The van der Waals surface area contributed by atoms with Crippen LogP contribution in [0.1, 0.15) is 20.7 Å². The van der Waals surface area contributed by atoms with E-state index in [9.17, 15) is 9.18 Å². The lowest BCUT2D eigenvalue weighted by atomic mass is 10.1. The lowest BCUT2D eigenvalue weighted by molar-refractivity contribution is 0.0952. The Bertz CT molecular complexity index is 604. The van der Waals surface area contributed by atoms with E-state index >= 15 is 0 Å². The highest BCUT2D eigenvalue weighted by Gasteiger charge is 2.13. The molecular weight excluding hydrogens is 389 g/mol. The fourth-order valence-corrected chi connectivity index (χ4v) is 2.62. The normalized spacial score (nSPS) is 11.9. The van der Waals surface area contributed by atoms with Gasteiger partial charge in [0, 0.05) is 11.0 Å². The van der Waals surface area contributed by atoms with Gasteiger partial charge in [-0.3, -0.25) is 4.79 Å². The SMILES string of the molecule is O=C(NCC(Br)c1ccccc1)c1cc(F)ccc1Br. The number of amides is 1. The number of benzene rings is 2. The van der Waals surface area contributed by atoms with Gasteiger partial charge in [-0.1, -0.05) is 46.3 Å². The van der Waals surface area contributed by atoms with Crippen molar-refractivity contribution < 1.29 is 9.18 Å². The quantitative estimate of drug-likeness (QED) is 0.754. The molecule has 2 aromatic carbocycles. The third-order valence-corrected chi connectivity index (χ3v) is 4.32. The summed E-state index contributed by atoms with van der Waals surface area (Å²) in [4.78, 5) is 12.0. The first kappa shape index (κ1) is 15.2. The van der Waals surface area contributed by atoms with Crippen LogP contribution in [-0.2, 0) is 0 Å². The van der Waals surface area contributed by atoms with Crippen molar-refractivity contribution in [1.82, 2.24) is 5.32 Å². The zero-order valence-corrected chi connectivity index (χ0v) is 13.6. The van der Waals surface area contributed by atoms with Crippen molar-refractivity contribution in [2.24, 2.45) is 0 Å². The molecule has 0 spiro atoms. The number of hydrogen-bond acceptors (Lipinski definition) is 1. The molecular formula is C15H12Br2FNO. The van der Waals surface area contributed by atoms with Gasteiger partial charge in [0.05, 0.1) is 10.4 Å². The topological polar surface area (TPSA) is 29.1 Å². The highest BCUT2D eigenvalue weighted by atomic mass is 79.9. The maximum Gasteiger partial charge on any atom is 0.252 e.